The first-order chi connectivity index (χ1) is 19.8. The van der Waals surface area contributed by atoms with Gasteiger partial charge in [0, 0.05) is 11.8 Å². The van der Waals surface area contributed by atoms with E-state index in [-0.39, 0.29) is 12.5 Å². The number of nitrogens with one attached hydrogen (secondary N) is 7. The van der Waals surface area contributed by atoms with Crippen LogP contribution in [0.15, 0.2) is 0 Å². The van der Waals surface area contributed by atoms with Gasteiger partial charge in [-0.3, -0.25) is 37.2 Å². The molecular formula is C32H55N7O. The minimum absolute atomic E-state index is 0.170. The summed E-state index contributed by atoms with van der Waals surface area (Å²) in [6.45, 7) is 0. The highest BCUT2D eigenvalue weighted by molar-refractivity contribution is 5.06. The van der Waals surface area contributed by atoms with Gasteiger partial charge in [0.15, 0.2) is 0 Å². The average Bonchev–Trinajstić information content (AvgIpc) is 3.73. The standard InChI is InChI=1S/C32H55N7O/c1-2-10-18-17(9-1)25-33-26(18)35-28-20-12-4-6-14-22(20)30(37-28)39-32-24-16-8-7-15-23(24)31(40-32)38-29-21-13-5-3-11-19(21)27(34-25)36-29/h17-39H,1-16H2. The summed E-state index contributed by atoms with van der Waals surface area (Å²) in [6, 6.07) is 0. The second-order valence-corrected chi connectivity index (χ2v) is 15.5. The molecular weight excluding hydrogens is 498 g/mol. The number of rotatable bonds is 0. The highest BCUT2D eigenvalue weighted by Gasteiger charge is 2.54. The third-order valence-electron chi connectivity index (χ3n) is 13.6. The number of ether oxygens (including phenoxy) is 1. The van der Waals surface area contributed by atoms with Crippen molar-refractivity contribution in [3.8, 4) is 0 Å². The van der Waals surface area contributed by atoms with Gasteiger partial charge >= 0.3 is 0 Å². The molecule has 0 radical (unpaired) electrons. The lowest BCUT2D eigenvalue weighted by molar-refractivity contribution is -0.0283. The van der Waals surface area contributed by atoms with Gasteiger partial charge < -0.3 is 4.74 Å². The van der Waals surface area contributed by atoms with E-state index >= 15 is 0 Å². The first-order valence-corrected chi connectivity index (χ1v) is 17.8. The number of hydrogen-bond donors (Lipinski definition) is 7. The Hall–Kier alpha value is -0.320. The van der Waals surface area contributed by atoms with Crippen molar-refractivity contribution in [2.45, 2.75) is 152 Å². The largest absolute Gasteiger partial charge is 0.345 e. The van der Waals surface area contributed by atoms with Crippen molar-refractivity contribution in [1.29, 1.82) is 0 Å². The van der Waals surface area contributed by atoms with Crippen LogP contribution in [0.3, 0.4) is 0 Å². The molecule has 5 aliphatic heterocycles. The Bertz CT molecular complexity index is 714. The quantitative estimate of drug-likeness (QED) is 0.246. The molecule has 5 saturated heterocycles. The van der Waals surface area contributed by atoms with Crippen LogP contribution in [-0.2, 0) is 4.74 Å². The van der Waals surface area contributed by atoms with E-state index in [0.717, 1.165) is 23.7 Å². The van der Waals surface area contributed by atoms with Gasteiger partial charge in [0.1, 0.15) is 12.5 Å². The van der Waals surface area contributed by atoms with Crippen LogP contribution < -0.4 is 37.2 Å². The van der Waals surface area contributed by atoms with E-state index in [4.69, 9.17) is 4.74 Å². The number of hydrogen-bond acceptors (Lipinski definition) is 8. The molecule has 8 bridgehead atoms. The third kappa shape index (κ3) is 4.37. The van der Waals surface area contributed by atoms with Crippen LogP contribution in [0.5, 0.6) is 0 Å². The first-order valence-electron chi connectivity index (χ1n) is 17.8. The van der Waals surface area contributed by atoms with Crippen molar-refractivity contribution in [3.05, 3.63) is 0 Å². The average molecular weight is 554 g/mol. The Morgan fingerprint density at radius 2 is 0.500 bits per heavy atom. The Kier molecular flexibility index (Phi) is 6.98. The zero-order valence-corrected chi connectivity index (χ0v) is 24.5. The molecule has 224 valence electrons. The van der Waals surface area contributed by atoms with Gasteiger partial charge in [0.25, 0.3) is 0 Å². The Morgan fingerprint density at radius 1 is 0.275 bits per heavy atom. The lowest BCUT2D eigenvalue weighted by Gasteiger charge is -2.35. The first kappa shape index (κ1) is 26.1. The molecule has 7 N–H and O–H groups in total. The van der Waals surface area contributed by atoms with E-state index in [1.165, 1.54) is 103 Å². The Morgan fingerprint density at radius 3 is 0.775 bits per heavy atom. The molecule has 9 rings (SSSR count). The molecule has 9 aliphatic rings. The molecule has 8 nitrogen and oxygen atoms in total. The fraction of sp³-hybridized carbons (Fsp3) is 1.00. The van der Waals surface area contributed by atoms with Gasteiger partial charge in [0.05, 0.1) is 37.0 Å². The smallest absolute Gasteiger partial charge is 0.114 e. The summed E-state index contributed by atoms with van der Waals surface area (Å²) in [7, 11) is 0. The van der Waals surface area contributed by atoms with Crippen molar-refractivity contribution in [1.82, 2.24) is 37.2 Å². The minimum atomic E-state index is 0.170. The molecule has 4 aliphatic carbocycles. The van der Waals surface area contributed by atoms with Gasteiger partial charge in [-0.25, -0.2) is 0 Å². The van der Waals surface area contributed by atoms with E-state index in [1.54, 1.807) is 0 Å². The van der Waals surface area contributed by atoms with E-state index in [0.29, 0.717) is 60.7 Å². The number of fused-ring (bicyclic) bond motifs is 20. The summed E-state index contributed by atoms with van der Waals surface area (Å²) in [5.74, 6) is 5.59. The Labute approximate surface area is 241 Å². The summed E-state index contributed by atoms with van der Waals surface area (Å²) in [5, 5.41) is 29.2. The lowest BCUT2D eigenvalue weighted by atomic mass is 9.76. The summed E-state index contributed by atoms with van der Waals surface area (Å²) in [4.78, 5) is 0. The zero-order valence-electron chi connectivity index (χ0n) is 24.5. The molecule has 5 heterocycles. The fourth-order valence-corrected chi connectivity index (χ4v) is 11.8. The molecule has 0 amide bonds. The predicted molar refractivity (Wildman–Crippen MR) is 155 cm³/mol. The SMILES string of the molecule is C1CCC2C3NC(NC4NC(NC5OC(NC6NC(N3)C3CCCCC63)C3CCCCC53)C3CCCCC43)C2C1. The van der Waals surface area contributed by atoms with Crippen molar-refractivity contribution < 1.29 is 4.74 Å². The van der Waals surface area contributed by atoms with Crippen LogP contribution >= 0.6 is 0 Å². The van der Waals surface area contributed by atoms with Gasteiger partial charge in [0.2, 0.25) is 0 Å². The predicted octanol–water partition coefficient (Wildman–Crippen LogP) is 3.03. The van der Waals surface area contributed by atoms with E-state index in [2.05, 4.69) is 37.2 Å². The van der Waals surface area contributed by atoms with Crippen LogP contribution in [0, 0.1) is 47.3 Å². The molecule has 9 fully saturated rings. The van der Waals surface area contributed by atoms with E-state index in [9.17, 15) is 0 Å². The topological polar surface area (TPSA) is 93.4 Å². The maximum Gasteiger partial charge on any atom is 0.114 e. The molecule has 8 heteroatoms. The highest BCUT2D eigenvalue weighted by atomic mass is 16.5. The fourth-order valence-electron chi connectivity index (χ4n) is 11.8. The van der Waals surface area contributed by atoms with Crippen molar-refractivity contribution >= 4 is 0 Å². The molecule has 16 unspecified atom stereocenters. The van der Waals surface area contributed by atoms with Crippen molar-refractivity contribution in [2.75, 3.05) is 0 Å². The maximum absolute atomic E-state index is 7.05. The lowest BCUT2D eigenvalue weighted by Crippen LogP contribution is -2.60. The van der Waals surface area contributed by atoms with Gasteiger partial charge in [-0.15, -0.1) is 0 Å². The molecule has 16 atom stereocenters. The second-order valence-electron chi connectivity index (χ2n) is 15.5. The van der Waals surface area contributed by atoms with Crippen molar-refractivity contribution in [2.24, 2.45) is 47.3 Å². The van der Waals surface area contributed by atoms with Crippen LogP contribution in [0.1, 0.15) is 103 Å². The summed E-state index contributed by atoms with van der Waals surface area (Å²) < 4.78 is 7.05. The third-order valence-corrected chi connectivity index (χ3v) is 13.6. The van der Waals surface area contributed by atoms with Crippen molar-refractivity contribution in [3.63, 3.8) is 0 Å². The molecule has 0 spiro atoms. The summed E-state index contributed by atoms with van der Waals surface area (Å²) in [6.07, 6.45) is 24.5. The van der Waals surface area contributed by atoms with E-state index < -0.39 is 0 Å². The second kappa shape index (κ2) is 10.7. The zero-order chi connectivity index (χ0) is 26.2. The molecule has 4 saturated carbocycles. The summed E-state index contributed by atoms with van der Waals surface area (Å²) >= 11 is 0. The van der Waals surface area contributed by atoms with Crippen LogP contribution in [-0.4, -0.2) is 49.5 Å². The van der Waals surface area contributed by atoms with Gasteiger partial charge in [-0.1, -0.05) is 51.4 Å². The molecule has 40 heavy (non-hydrogen) atoms. The maximum atomic E-state index is 7.05. The monoisotopic (exact) mass is 553 g/mol. The molecule has 0 aromatic carbocycles. The normalized spacial score (nSPS) is 57.6. The highest BCUT2D eigenvalue weighted by Crippen LogP contribution is 2.46. The van der Waals surface area contributed by atoms with E-state index in [1.807, 2.05) is 0 Å². The molecule has 0 aromatic rings. The summed E-state index contributed by atoms with van der Waals surface area (Å²) in [5.41, 5.74) is 0. The van der Waals surface area contributed by atoms with Gasteiger partial charge in [-0.2, -0.15) is 0 Å². The van der Waals surface area contributed by atoms with Crippen LogP contribution in [0.25, 0.3) is 0 Å². The van der Waals surface area contributed by atoms with Crippen LogP contribution in [0.4, 0.5) is 0 Å². The Balaban J connectivity index is 1.05. The molecule has 0 aromatic heterocycles. The van der Waals surface area contributed by atoms with Crippen LogP contribution in [0.2, 0.25) is 0 Å². The van der Waals surface area contributed by atoms with Gasteiger partial charge in [-0.05, 0) is 86.9 Å². The minimum Gasteiger partial charge on any atom is -0.345 e.